The molecular formula is C10H9BrN2S. The molecule has 2 aromatic rings. The van der Waals surface area contributed by atoms with Crippen molar-refractivity contribution >= 4 is 32.3 Å². The molecule has 14 heavy (non-hydrogen) atoms. The quantitative estimate of drug-likeness (QED) is 0.861. The first-order valence-electron chi connectivity index (χ1n) is 4.14. The topological polar surface area (TPSA) is 38.9 Å². The van der Waals surface area contributed by atoms with Crippen LogP contribution < -0.4 is 5.73 Å². The first kappa shape index (κ1) is 9.68. The van der Waals surface area contributed by atoms with Crippen molar-refractivity contribution in [1.82, 2.24) is 4.98 Å². The van der Waals surface area contributed by atoms with E-state index in [0.717, 1.165) is 20.7 Å². The smallest absolute Gasteiger partial charge is 0.114 e. The minimum absolute atomic E-state index is 0.770. The number of nitrogen functional groups attached to an aromatic ring is 1. The van der Waals surface area contributed by atoms with Gasteiger partial charge in [-0.2, -0.15) is 0 Å². The highest BCUT2D eigenvalue weighted by atomic mass is 79.9. The molecule has 2 rings (SSSR count). The van der Waals surface area contributed by atoms with Crippen LogP contribution in [0, 0.1) is 6.92 Å². The van der Waals surface area contributed by atoms with Crippen molar-refractivity contribution in [2.45, 2.75) is 6.92 Å². The van der Waals surface area contributed by atoms with Crippen LogP contribution in [0.15, 0.2) is 28.2 Å². The van der Waals surface area contributed by atoms with Crippen LogP contribution in [0.2, 0.25) is 0 Å². The van der Waals surface area contributed by atoms with Crippen LogP contribution in [-0.2, 0) is 0 Å². The van der Waals surface area contributed by atoms with Crippen molar-refractivity contribution in [3.8, 4) is 11.3 Å². The fraction of sp³-hybridized carbons (Fsp3) is 0.100. The van der Waals surface area contributed by atoms with E-state index in [9.17, 15) is 0 Å². The number of nitrogens with two attached hydrogens (primary N) is 1. The molecule has 0 spiro atoms. The third kappa shape index (κ3) is 1.67. The second-order valence-corrected chi connectivity index (χ2v) is 4.77. The summed E-state index contributed by atoms with van der Waals surface area (Å²) in [6.45, 7) is 2.05. The first-order chi connectivity index (χ1) is 6.68. The molecule has 0 saturated heterocycles. The van der Waals surface area contributed by atoms with Gasteiger partial charge in [0.25, 0.3) is 0 Å². The van der Waals surface area contributed by atoms with E-state index in [2.05, 4.69) is 33.9 Å². The van der Waals surface area contributed by atoms with Gasteiger partial charge in [-0.05, 0) is 24.6 Å². The molecule has 0 aliphatic heterocycles. The number of benzene rings is 1. The van der Waals surface area contributed by atoms with E-state index >= 15 is 0 Å². The fourth-order valence-electron chi connectivity index (χ4n) is 1.26. The standard InChI is InChI=1S/C10H9BrN2S/c1-6-4-7(2-3-8(6)11)9-10(12)14-5-13-9/h2-5H,12H2,1H3. The molecule has 0 aliphatic rings. The fourth-order valence-corrected chi connectivity index (χ4v) is 2.06. The lowest BCUT2D eigenvalue weighted by atomic mass is 10.1. The van der Waals surface area contributed by atoms with Gasteiger partial charge in [0.05, 0.1) is 5.51 Å². The number of aryl methyl sites for hydroxylation is 1. The Balaban J connectivity index is 2.53. The predicted molar refractivity (Wildman–Crippen MR) is 64.4 cm³/mol. The van der Waals surface area contributed by atoms with Crippen molar-refractivity contribution in [1.29, 1.82) is 0 Å². The third-order valence-electron chi connectivity index (χ3n) is 2.03. The molecule has 0 saturated carbocycles. The second-order valence-electron chi connectivity index (χ2n) is 3.03. The number of rotatable bonds is 1. The van der Waals surface area contributed by atoms with Crippen LogP contribution in [0.1, 0.15) is 5.56 Å². The lowest BCUT2D eigenvalue weighted by molar-refractivity contribution is 1.37. The molecule has 1 aromatic heterocycles. The summed E-state index contributed by atoms with van der Waals surface area (Å²) in [5, 5.41) is 0.770. The number of thiazole rings is 1. The Labute approximate surface area is 94.9 Å². The Kier molecular flexibility index (Phi) is 2.56. The zero-order valence-electron chi connectivity index (χ0n) is 7.62. The molecule has 0 unspecified atom stereocenters. The molecule has 1 aromatic carbocycles. The molecule has 0 aliphatic carbocycles. The molecule has 72 valence electrons. The average Bonchev–Trinajstić information content (AvgIpc) is 2.57. The number of hydrogen-bond donors (Lipinski definition) is 1. The molecule has 2 nitrogen and oxygen atoms in total. The van der Waals surface area contributed by atoms with Gasteiger partial charge >= 0.3 is 0 Å². The van der Waals surface area contributed by atoms with Crippen molar-refractivity contribution < 1.29 is 0 Å². The largest absolute Gasteiger partial charge is 0.389 e. The van der Waals surface area contributed by atoms with E-state index in [1.54, 1.807) is 5.51 Å². The van der Waals surface area contributed by atoms with Gasteiger partial charge in [0, 0.05) is 10.0 Å². The van der Waals surface area contributed by atoms with E-state index in [4.69, 9.17) is 5.73 Å². The normalized spacial score (nSPS) is 10.4. The first-order valence-corrected chi connectivity index (χ1v) is 5.81. The SMILES string of the molecule is Cc1cc(-c2ncsc2N)ccc1Br. The number of nitrogens with zero attached hydrogens (tertiary/aromatic N) is 1. The minimum Gasteiger partial charge on any atom is -0.389 e. The number of anilines is 1. The molecule has 0 radical (unpaired) electrons. The van der Waals surface area contributed by atoms with Gasteiger partial charge in [0.2, 0.25) is 0 Å². The molecule has 0 amide bonds. The summed E-state index contributed by atoms with van der Waals surface area (Å²) in [6.07, 6.45) is 0. The van der Waals surface area contributed by atoms with E-state index in [1.807, 2.05) is 12.1 Å². The van der Waals surface area contributed by atoms with Crippen LogP contribution in [-0.4, -0.2) is 4.98 Å². The third-order valence-corrected chi connectivity index (χ3v) is 3.57. The van der Waals surface area contributed by atoms with Crippen LogP contribution in [0.25, 0.3) is 11.3 Å². The van der Waals surface area contributed by atoms with Crippen LogP contribution in [0.5, 0.6) is 0 Å². The van der Waals surface area contributed by atoms with E-state index in [0.29, 0.717) is 0 Å². The predicted octanol–water partition coefficient (Wildman–Crippen LogP) is 3.46. The highest BCUT2D eigenvalue weighted by Gasteiger charge is 2.06. The summed E-state index contributed by atoms with van der Waals surface area (Å²) in [6, 6.07) is 6.11. The van der Waals surface area contributed by atoms with Gasteiger partial charge in [-0.25, -0.2) is 4.98 Å². The van der Waals surface area contributed by atoms with Gasteiger partial charge in [0.1, 0.15) is 10.7 Å². The monoisotopic (exact) mass is 268 g/mol. The highest BCUT2D eigenvalue weighted by Crippen LogP contribution is 2.29. The minimum atomic E-state index is 0.770. The molecular weight excluding hydrogens is 260 g/mol. The molecule has 2 N–H and O–H groups in total. The maximum Gasteiger partial charge on any atom is 0.114 e. The Bertz CT molecular complexity index is 465. The lowest BCUT2D eigenvalue weighted by Gasteiger charge is -2.02. The summed E-state index contributed by atoms with van der Waals surface area (Å²) in [4.78, 5) is 4.24. The Morgan fingerprint density at radius 1 is 1.43 bits per heavy atom. The molecule has 0 bridgehead atoms. The van der Waals surface area contributed by atoms with Crippen LogP contribution >= 0.6 is 27.3 Å². The molecule has 0 atom stereocenters. The number of halogens is 1. The van der Waals surface area contributed by atoms with E-state index < -0.39 is 0 Å². The summed E-state index contributed by atoms with van der Waals surface area (Å²) in [5.41, 5.74) is 10.7. The summed E-state index contributed by atoms with van der Waals surface area (Å²) in [7, 11) is 0. The van der Waals surface area contributed by atoms with Crippen molar-refractivity contribution in [2.75, 3.05) is 5.73 Å². The maximum absolute atomic E-state index is 5.81. The Morgan fingerprint density at radius 2 is 2.21 bits per heavy atom. The van der Waals surface area contributed by atoms with Gasteiger partial charge in [-0.15, -0.1) is 11.3 Å². The average molecular weight is 269 g/mol. The lowest BCUT2D eigenvalue weighted by Crippen LogP contribution is -1.86. The van der Waals surface area contributed by atoms with Crippen molar-refractivity contribution in [2.24, 2.45) is 0 Å². The van der Waals surface area contributed by atoms with Gasteiger partial charge in [0.15, 0.2) is 0 Å². The Morgan fingerprint density at radius 3 is 2.79 bits per heavy atom. The van der Waals surface area contributed by atoms with E-state index in [1.165, 1.54) is 16.9 Å². The Hall–Kier alpha value is -0.870. The molecule has 4 heteroatoms. The van der Waals surface area contributed by atoms with Crippen LogP contribution in [0.3, 0.4) is 0 Å². The zero-order valence-corrected chi connectivity index (χ0v) is 10.0. The zero-order chi connectivity index (χ0) is 10.1. The summed E-state index contributed by atoms with van der Waals surface area (Å²) >= 11 is 4.93. The van der Waals surface area contributed by atoms with Gasteiger partial charge in [-0.3, -0.25) is 0 Å². The number of hydrogen-bond acceptors (Lipinski definition) is 3. The summed E-state index contributed by atoms with van der Waals surface area (Å²) < 4.78 is 1.11. The molecule has 0 fully saturated rings. The maximum atomic E-state index is 5.81. The van der Waals surface area contributed by atoms with Crippen molar-refractivity contribution in [3.05, 3.63) is 33.7 Å². The van der Waals surface area contributed by atoms with Gasteiger partial charge < -0.3 is 5.73 Å². The van der Waals surface area contributed by atoms with Crippen LogP contribution in [0.4, 0.5) is 5.00 Å². The van der Waals surface area contributed by atoms with Crippen molar-refractivity contribution in [3.63, 3.8) is 0 Å². The highest BCUT2D eigenvalue weighted by molar-refractivity contribution is 9.10. The second kappa shape index (κ2) is 3.71. The van der Waals surface area contributed by atoms with E-state index in [-0.39, 0.29) is 0 Å². The summed E-state index contributed by atoms with van der Waals surface area (Å²) in [5.74, 6) is 0. The number of aromatic nitrogens is 1. The molecule has 1 heterocycles. The van der Waals surface area contributed by atoms with Gasteiger partial charge in [-0.1, -0.05) is 22.0 Å².